The highest BCUT2D eigenvalue weighted by atomic mass is 32.1. The van der Waals surface area contributed by atoms with E-state index in [1.165, 1.54) is 17.8 Å². The number of likely N-dealkylation sites (tertiary alicyclic amines) is 1. The maximum atomic E-state index is 12.6. The number of fused-ring (bicyclic) bond motifs is 1. The number of nitrogens with zero attached hydrogens (tertiary/aromatic N) is 4. The number of thiazole rings is 1. The van der Waals surface area contributed by atoms with Crippen molar-refractivity contribution in [1.82, 2.24) is 19.5 Å². The molecule has 1 amide bonds. The van der Waals surface area contributed by atoms with E-state index in [1.54, 1.807) is 0 Å². The summed E-state index contributed by atoms with van der Waals surface area (Å²) in [5, 5.41) is 8.14. The zero-order valence-electron chi connectivity index (χ0n) is 11.5. The fourth-order valence-electron chi connectivity index (χ4n) is 2.78. The van der Waals surface area contributed by atoms with Crippen LogP contribution in [0.5, 0.6) is 0 Å². The maximum absolute atomic E-state index is 12.6. The molecule has 0 radical (unpaired) electrons. The predicted octanol–water partition coefficient (Wildman–Crippen LogP) is 2.28. The minimum Gasteiger partial charge on any atom is -0.338 e. The highest BCUT2D eigenvalue weighted by Gasteiger charge is 2.26. The Labute approximate surface area is 116 Å². The Morgan fingerprint density at radius 2 is 2.16 bits per heavy atom. The Morgan fingerprint density at radius 1 is 1.37 bits per heavy atom. The molecular formula is C13H18N4OS. The molecule has 0 saturated carbocycles. The van der Waals surface area contributed by atoms with E-state index in [0.29, 0.717) is 5.92 Å². The lowest BCUT2D eigenvalue weighted by Gasteiger charge is -2.30. The fourth-order valence-corrected chi connectivity index (χ4v) is 3.86. The lowest BCUT2D eigenvalue weighted by molar-refractivity contribution is 0.0687. The summed E-state index contributed by atoms with van der Waals surface area (Å²) in [6.07, 6.45) is 2.33. The Kier molecular flexibility index (Phi) is 3.05. The van der Waals surface area contributed by atoms with Gasteiger partial charge in [0.25, 0.3) is 5.91 Å². The topological polar surface area (TPSA) is 50.5 Å². The standard InChI is InChI=1S/C13H18N4OS/c1-8-5-4-6-16(7-8)12(18)11-9(2)17-10(3)14-15-13(17)19-11/h8H,4-7H2,1-3H3. The van der Waals surface area contributed by atoms with Gasteiger partial charge in [-0.25, -0.2) is 0 Å². The number of aryl methyl sites for hydroxylation is 2. The molecular weight excluding hydrogens is 260 g/mol. The number of hydrogen-bond donors (Lipinski definition) is 0. The van der Waals surface area contributed by atoms with Gasteiger partial charge in [-0.1, -0.05) is 18.3 Å². The molecule has 102 valence electrons. The number of aromatic nitrogens is 3. The van der Waals surface area contributed by atoms with Gasteiger partial charge in [0.1, 0.15) is 10.7 Å². The molecule has 0 aromatic carbocycles. The number of carbonyl (C=O) groups is 1. The zero-order valence-corrected chi connectivity index (χ0v) is 12.3. The van der Waals surface area contributed by atoms with Crippen molar-refractivity contribution in [3.63, 3.8) is 0 Å². The van der Waals surface area contributed by atoms with Crippen molar-refractivity contribution in [1.29, 1.82) is 0 Å². The van der Waals surface area contributed by atoms with Crippen LogP contribution in [0.4, 0.5) is 0 Å². The van der Waals surface area contributed by atoms with Crippen molar-refractivity contribution >= 4 is 22.2 Å². The molecule has 1 fully saturated rings. The molecule has 1 unspecified atom stereocenters. The molecule has 0 N–H and O–H groups in total. The number of rotatable bonds is 1. The minimum atomic E-state index is 0.152. The minimum absolute atomic E-state index is 0.152. The van der Waals surface area contributed by atoms with Gasteiger partial charge in [0, 0.05) is 18.8 Å². The SMILES string of the molecule is Cc1nnc2sc(C(=O)N3CCCC(C)C3)c(C)n12. The average Bonchev–Trinajstić information content (AvgIpc) is 2.90. The van der Waals surface area contributed by atoms with Crippen LogP contribution < -0.4 is 0 Å². The van der Waals surface area contributed by atoms with Gasteiger partial charge >= 0.3 is 0 Å². The van der Waals surface area contributed by atoms with E-state index >= 15 is 0 Å². The number of hydrogen-bond acceptors (Lipinski definition) is 4. The van der Waals surface area contributed by atoms with Crippen molar-refractivity contribution in [2.75, 3.05) is 13.1 Å². The second-order valence-corrected chi connectivity index (χ2v) is 6.36. The molecule has 3 heterocycles. The van der Waals surface area contributed by atoms with Gasteiger partial charge in [0.15, 0.2) is 0 Å². The van der Waals surface area contributed by atoms with Crippen LogP contribution in [0.1, 0.15) is 41.0 Å². The first-order valence-corrected chi connectivity index (χ1v) is 7.50. The van der Waals surface area contributed by atoms with E-state index in [9.17, 15) is 4.79 Å². The Bertz CT molecular complexity index is 630. The van der Waals surface area contributed by atoms with Gasteiger partial charge in [-0.2, -0.15) is 0 Å². The predicted molar refractivity (Wildman–Crippen MR) is 74.6 cm³/mol. The summed E-state index contributed by atoms with van der Waals surface area (Å²) in [5.74, 6) is 1.60. The van der Waals surface area contributed by atoms with Crippen LogP contribution in [-0.2, 0) is 0 Å². The van der Waals surface area contributed by atoms with E-state index in [2.05, 4.69) is 17.1 Å². The first kappa shape index (κ1) is 12.6. The summed E-state index contributed by atoms with van der Waals surface area (Å²) >= 11 is 1.45. The smallest absolute Gasteiger partial charge is 0.265 e. The van der Waals surface area contributed by atoms with Crippen LogP contribution in [0, 0.1) is 19.8 Å². The molecule has 6 heteroatoms. The van der Waals surface area contributed by atoms with Gasteiger partial charge in [-0.3, -0.25) is 9.20 Å². The van der Waals surface area contributed by atoms with Crippen LogP contribution in [0.3, 0.4) is 0 Å². The third kappa shape index (κ3) is 2.04. The number of carbonyl (C=O) groups excluding carboxylic acids is 1. The van der Waals surface area contributed by atoms with Crippen LogP contribution in [0.15, 0.2) is 0 Å². The van der Waals surface area contributed by atoms with Crippen molar-refractivity contribution < 1.29 is 4.79 Å². The molecule has 19 heavy (non-hydrogen) atoms. The Hall–Kier alpha value is -1.43. The van der Waals surface area contributed by atoms with E-state index in [0.717, 1.165) is 40.9 Å². The van der Waals surface area contributed by atoms with Crippen LogP contribution >= 0.6 is 11.3 Å². The van der Waals surface area contributed by atoms with Gasteiger partial charge in [-0.15, -0.1) is 10.2 Å². The van der Waals surface area contributed by atoms with E-state index in [4.69, 9.17) is 0 Å². The summed E-state index contributed by atoms with van der Waals surface area (Å²) in [4.78, 5) is 16.2. The van der Waals surface area contributed by atoms with Gasteiger partial charge in [-0.05, 0) is 32.6 Å². The molecule has 2 aromatic heterocycles. The molecule has 5 nitrogen and oxygen atoms in total. The Morgan fingerprint density at radius 3 is 2.84 bits per heavy atom. The first-order chi connectivity index (χ1) is 9.08. The van der Waals surface area contributed by atoms with Crippen LogP contribution in [-0.4, -0.2) is 38.5 Å². The summed E-state index contributed by atoms with van der Waals surface area (Å²) < 4.78 is 1.96. The molecule has 1 atom stereocenters. The molecule has 3 rings (SSSR count). The van der Waals surface area contributed by atoms with Crippen molar-refractivity contribution in [3.05, 3.63) is 16.4 Å². The normalized spacial score (nSPS) is 20.2. The molecule has 1 aliphatic heterocycles. The third-order valence-corrected chi connectivity index (χ3v) is 4.91. The molecule has 0 aliphatic carbocycles. The molecule has 1 aliphatic rings. The van der Waals surface area contributed by atoms with E-state index in [-0.39, 0.29) is 5.91 Å². The second kappa shape index (κ2) is 4.59. The molecule has 0 bridgehead atoms. The molecule has 2 aromatic rings. The number of amides is 1. The summed E-state index contributed by atoms with van der Waals surface area (Å²) in [6.45, 7) is 7.84. The lowest BCUT2D eigenvalue weighted by atomic mass is 10.0. The summed E-state index contributed by atoms with van der Waals surface area (Å²) in [5.41, 5.74) is 0.964. The Balaban J connectivity index is 1.95. The fraction of sp³-hybridized carbons (Fsp3) is 0.615. The highest BCUT2D eigenvalue weighted by Crippen LogP contribution is 2.26. The van der Waals surface area contributed by atoms with Crippen LogP contribution in [0.25, 0.3) is 4.96 Å². The first-order valence-electron chi connectivity index (χ1n) is 6.68. The molecule has 0 spiro atoms. The molecule has 1 saturated heterocycles. The second-order valence-electron chi connectivity index (χ2n) is 5.38. The van der Waals surface area contributed by atoms with Crippen LogP contribution in [0.2, 0.25) is 0 Å². The number of piperidine rings is 1. The van der Waals surface area contributed by atoms with E-state index < -0.39 is 0 Å². The third-order valence-electron chi connectivity index (χ3n) is 3.79. The van der Waals surface area contributed by atoms with Crippen molar-refractivity contribution in [2.45, 2.75) is 33.6 Å². The van der Waals surface area contributed by atoms with Gasteiger partial charge < -0.3 is 4.90 Å². The zero-order chi connectivity index (χ0) is 13.6. The van der Waals surface area contributed by atoms with Crippen molar-refractivity contribution in [3.8, 4) is 0 Å². The van der Waals surface area contributed by atoms with Gasteiger partial charge in [0.05, 0.1) is 0 Å². The average molecular weight is 278 g/mol. The summed E-state index contributed by atoms with van der Waals surface area (Å²) in [6, 6.07) is 0. The highest BCUT2D eigenvalue weighted by molar-refractivity contribution is 7.19. The monoisotopic (exact) mass is 278 g/mol. The summed E-state index contributed by atoms with van der Waals surface area (Å²) in [7, 11) is 0. The van der Waals surface area contributed by atoms with E-state index in [1.807, 2.05) is 23.1 Å². The maximum Gasteiger partial charge on any atom is 0.265 e. The lowest BCUT2D eigenvalue weighted by Crippen LogP contribution is -2.39. The van der Waals surface area contributed by atoms with Gasteiger partial charge in [0.2, 0.25) is 4.96 Å². The van der Waals surface area contributed by atoms with Crippen molar-refractivity contribution in [2.24, 2.45) is 5.92 Å². The quantitative estimate of drug-likeness (QED) is 0.804. The largest absolute Gasteiger partial charge is 0.338 e.